The first-order chi connectivity index (χ1) is 10.0. The van der Waals surface area contributed by atoms with Crippen LogP contribution in [0.4, 0.5) is 0 Å². The van der Waals surface area contributed by atoms with E-state index in [2.05, 4.69) is 0 Å². The van der Waals surface area contributed by atoms with Crippen molar-refractivity contribution >= 4 is 23.4 Å². The lowest BCUT2D eigenvalue weighted by atomic mass is 9.99. The Labute approximate surface area is 127 Å². The molecular weight excluding hydrogens is 288 g/mol. The summed E-state index contributed by atoms with van der Waals surface area (Å²) in [7, 11) is 0. The van der Waals surface area contributed by atoms with E-state index in [1.54, 1.807) is 30.3 Å². The second-order valence-electron chi connectivity index (χ2n) is 5.26. The molecule has 106 valence electrons. The Morgan fingerprint density at radius 2 is 1.57 bits per heavy atom. The standard InChI is InChI=1S/C17H13ClO3/c18-15-5-3-10(4-6-15)16(19)12-2-1-11-7-14(17(20)21)9-13(11)8-12/h1-6,8,14H,7,9H2,(H,20,21). The van der Waals surface area contributed by atoms with Crippen molar-refractivity contribution in [1.29, 1.82) is 0 Å². The van der Waals surface area contributed by atoms with E-state index < -0.39 is 5.97 Å². The van der Waals surface area contributed by atoms with E-state index in [0.29, 0.717) is 29.0 Å². The molecule has 0 amide bonds. The lowest BCUT2D eigenvalue weighted by Gasteiger charge is -2.04. The molecule has 21 heavy (non-hydrogen) atoms. The zero-order valence-electron chi connectivity index (χ0n) is 11.2. The quantitative estimate of drug-likeness (QED) is 0.884. The number of carboxylic acid groups (broad SMARTS) is 1. The summed E-state index contributed by atoms with van der Waals surface area (Å²) in [6, 6.07) is 12.2. The molecule has 0 spiro atoms. The molecule has 0 heterocycles. The molecule has 3 rings (SSSR count). The summed E-state index contributed by atoms with van der Waals surface area (Å²) in [4.78, 5) is 23.5. The third kappa shape index (κ3) is 2.69. The monoisotopic (exact) mass is 300 g/mol. The molecule has 2 aromatic rings. The van der Waals surface area contributed by atoms with Gasteiger partial charge in [0.15, 0.2) is 5.78 Å². The van der Waals surface area contributed by atoms with Crippen molar-refractivity contribution in [3.8, 4) is 0 Å². The van der Waals surface area contributed by atoms with E-state index in [1.807, 2.05) is 12.1 Å². The summed E-state index contributed by atoms with van der Waals surface area (Å²) >= 11 is 5.82. The number of carboxylic acids is 1. The van der Waals surface area contributed by atoms with Gasteiger partial charge in [-0.2, -0.15) is 0 Å². The van der Waals surface area contributed by atoms with Crippen LogP contribution in [0.3, 0.4) is 0 Å². The maximum absolute atomic E-state index is 12.4. The van der Waals surface area contributed by atoms with E-state index in [1.165, 1.54) is 0 Å². The van der Waals surface area contributed by atoms with Crippen LogP contribution < -0.4 is 0 Å². The first-order valence-electron chi connectivity index (χ1n) is 6.69. The van der Waals surface area contributed by atoms with Crippen LogP contribution in [0, 0.1) is 5.92 Å². The number of rotatable bonds is 3. The van der Waals surface area contributed by atoms with Crippen molar-refractivity contribution in [3.63, 3.8) is 0 Å². The molecule has 1 aliphatic carbocycles. The average Bonchev–Trinajstić information content (AvgIpc) is 2.90. The topological polar surface area (TPSA) is 54.4 Å². The maximum Gasteiger partial charge on any atom is 0.307 e. The minimum Gasteiger partial charge on any atom is -0.481 e. The molecule has 0 aliphatic heterocycles. The van der Waals surface area contributed by atoms with E-state index in [-0.39, 0.29) is 11.7 Å². The molecule has 1 unspecified atom stereocenters. The Bertz CT molecular complexity index is 719. The fraction of sp³-hybridized carbons (Fsp3) is 0.176. The Morgan fingerprint density at radius 3 is 2.24 bits per heavy atom. The molecule has 1 atom stereocenters. The minimum absolute atomic E-state index is 0.0757. The molecule has 0 bridgehead atoms. The highest BCUT2D eigenvalue weighted by Crippen LogP contribution is 2.28. The minimum atomic E-state index is -0.781. The summed E-state index contributed by atoms with van der Waals surface area (Å²) in [5.41, 5.74) is 3.14. The van der Waals surface area contributed by atoms with E-state index in [9.17, 15) is 9.59 Å². The number of hydrogen-bond acceptors (Lipinski definition) is 2. The molecule has 0 saturated carbocycles. The zero-order valence-corrected chi connectivity index (χ0v) is 11.9. The van der Waals surface area contributed by atoms with Gasteiger partial charge in [0.05, 0.1) is 5.92 Å². The number of aliphatic carboxylic acids is 1. The SMILES string of the molecule is O=C(c1ccc(Cl)cc1)c1ccc2c(c1)CC(C(=O)O)C2. The molecule has 0 aromatic heterocycles. The highest BCUT2D eigenvalue weighted by Gasteiger charge is 2.27. The van der Waals surface area contributed by atoms with Gasteiger partial charge in [-0.3, -0.25) is 9.59 Å². The molecule has 0 radical (unpaired) electrons. The summed E-state index contributed by atoms with van der Waals surface area (Å²) in [5, 5.41) is 9.68. The van der Waals surface area contributed by atoms with Crippen LogP contribution in [-0.4, -0.2) is 16.9 Å². The van der Waals surface area contributed by atoms with Crippen molar-refractivity contribution in [2.75, 3.05) is 0 Å². The molecule has 1 N–H and O–H groups in total. The summed E-state index contributed by atoms with van der Waals surface area (Å²) in [5.74, 6) is -1.23. The third-order valence-corrected chi connectivity index (χ3v) is 4.11. The molecule has 4 heteroatoms. The summed E-state index contributed by atoms with van der Waals surface area (Å²) in [6.45, 7) is 0. The van der Waals surface area contributed by atoms with Crippen LogP contribution in [-0.2, 0) is 17.6 Å². The maximum atomic E-state index is 12.4. The Hall–Kier alpha value is -2.13. The van der Waals surface area contributed by atoms with Gasteiger partial charge in [0.1, 0.15) is 0 Å². The fourth-order valence-corrected chi connectivity index (χ4v) is 2.83. The number of benzene rings is 2. The highest BCUT2D eigenvalue weighted by molar-refractivity contribution is 6.30. The van der Waals surface area contributed by atoms with Gasteiger partial charge in [-0.1, -0.05) is 23.7 Å². The Kier molecular flexibility index (Phi) is 3.52. The highest BCUT2D eigenvalue weighted by atomic mass is 35.5. The first kappa shape index (κ1) is 13.8. The van der Waals surface area contributed by atoms with Crippen molar-refractivity contribution in [3.05, 3.63) is 69.7 Å². The molecule has 0 fully saturated rings. The zero-order chi connectivity index (χ0) is 15.0. The van der Waals surface area contributed by atoms with E-state index >= 15 is 0 Å². The van der Waals surface area contributed by atoms with Gasteiger partial charge < -0.3 is 5.11 Å². The molecule has 1 aliphatic rings. The second kappa shape index (κ2) is 5.34. The predicted molar refractivity (Wildman–Crippen MR) is 79.9 cm³/mol. The van der Waals surface area contributed by atoms with Crippen LogP contribution in [0.2, 0.25) is 5.02 Å². The number of fused-ring (bicyclic) bond motifs is 1. The lowest BCUT2D eigenvalue weighted by molar-refractivity contribution is -0.141. The van der Waals surface area contributed by atoms with Crippen LogP contribution >= 0.6 is 11.6 Å². The van der Waals surface area contributed by atoms with Gasteiger partial charge >= 0.3 is 5.97 Å². The molecule has 3 nitrogen and oxygen atoms in total. The number of carbonyl (C=O) groups excluding carboxylic acids is 1. The van der Waals surface area contributed by atoms with E-state index in [0.717, 1.165) is 11.1 Å². The van der Waals surface area contributed by atoms with Gasteiger partial charge in [0.25, 0.3) is 0 Å². The van der Waals surface area contributed by atoms with Gasteiger partial charge in [0, 0.05) is 16.1 Å². The number of hydrogen-bond donors (Lipinski definition) is 1. The summed E-state index contributed by atoms with van der Waals surface area (Å²) < 4.78 is 0. The average molecular weight is 301 g/mol. The fourth-order valence-electron chi connectivity index (χ4n) is 2.70. The van der Waals surface area contributed by atoms with Gasteiger partial charge in [0.2, 0.25) is 0 Å². The van der Waals surface area contributed by atoms with Gasteiger partial charge in [-0.15, -0.1) is 0 Å². The van der Waals surface area contributed by atoms with Crippen molar-refractivity contribution in [2.45, 2.75) is 12.8 Å². The summed E-state index contributed by atoms with van der Waals surface area (Å²) in [6.07, 6.45) is 1.03. The molecule has 0 saturated heterocycles. The van der Waals surface area contributed by atoms with Crippen molar-refractivity contribution in [2.24, 2.45) is 5.92 Å². The van der Waals surface area contributed by atoms with Gasteiger partial charge in [-0.25, -0.2) is 0 Å². The number of carbonyl (C=O) groups is 2. The van der Waals surface area contributed by atoms with E-state index in [4.69, 9.17) is 16.7 Å². The second-order valence-corrected chi connectivity index (χ2v) is 5.70. The lowest BCUT2D eigenvalue weighted by Crippen LogP contribution is -2.12. The Morgan fingerprint density at radius 1 is 0.952 bits per heavy atom. The van der Waals surface area contributed by atoms with Crippen molar-refractivity contribution < 1.29 is 14.7 Å². The smallest absolute Gasteiger partial charge is 0.307 e. The molecule has 2 aromatic carbocycles. The number of ketones is 1. The Balaban J connectivity index is 1.88. The van der Waals surface area contributed by atoms with Crippen LogP contribution in [0.25, 0.3) is 0 Å². The van der Waals surface area contributed by atoms with Crippen molar-refractivity contribution in [1.82, 2.24) is 0 Å². The number of halogens is 1. The third-order valence-electron chi connectivity index (χ3n) is 3.86. The van der Waals surface area contributed by atoms with Crippen LogP contribution in [0.15, 0.2) is 42.5 Å². The molecular formula is C17H13ClO3. The van der Waals surface area contributed by atoms with Crippen LogP contribution in [0.1, 0.15) is 27.0 Å². The van der Waals surface area contributed by atoms with Crippen LogP contribution in [0.5, 0.6) is 0 Å². The van der Waals surface area contributed by atoms with Gasteiger partial charge in [-0.05, 0) is 54.3 Å². The normalized spacial score (nSPS) is 16.5. The largest absolute Gasteiger partial charge is 0.481 e. The first-order valence-corrected chi connectivity index (χ1v) is 7.07. The predicted octanol–water partition coefficient (Wildman–Crippen LogP) is 3.37.